The lowest BCUT2D eigenvalue weighted by Gasteiger charge is -2.24. The number of carbonyl (C=O) groups is 1. The van der Waals surface area contributed by atoms with E-state index in [1.807, 2.05) is 12.3 Å². The number of halogens is 3. The summed E-state index contributed by atoms with van der Waals surface area (Å²) < 4.78 is 52.8. The lowest BCUT2D eigenvalue weighted by atomic mass is 9.90. The van der Waals surface area contributed by atoms with Crippen LogP contribution in [0.25, 0.3) is 16.6 Å². The first-order valence-corrected chi connectivity index (χ1v) is 11.4. The molecule has 1 aliphatic heterocycles. The number of benzene rings is 2. The second kappa shape index (κ2) is 7.75. The number of carbonyl (C=O) groups excluding carboxylic acids is 1. The van der Waals surface area contributed by atoms with Crippen molar-refractivity contribution in [3.8, 4) is 0 Å². The lowest BCUT2D eigenvalue weighted by molar-refractivity contribution is -0.184. The van der Waals surface area contributed by atoms with Crippen molar-refractivity contribution < 1.29 is 27.8 Å². The van der Waals surface area contributed by atoms with Gasteiger partial charge in [0.05, 0.1) is 27.7 Å². The number of ether oxygens (including phenoxy) is 1. The molecule has 0 saturated carbocycles. The van der Waals surface area contributed by atoms with E-state index in [4.69, 9.17) is 4.74 Å². The summed E-state index contributed by atoms with van der Waals surface area (Å²) >= 11 is 2.28. The summed E-state index contributed by atoms with van der Waals surface area (Å²) in [7, 11) is 0. The SMILES string of the molecule is Cc1csc(C2(O)OC(=O)C(c3ccc4nsnc4c3)=C2Cc2ccc(C(F)(F)F)cc2)c1. The largest absolute Gasteiger partial charge is 0.420 e. The van der Waals surface area contributed by atoms with Crippen LogP contribution < -0.4 is 0 Å². The van der Waals surface area contributed by atoms with Crippen molar-refractivity contribution in [2.45, 2.75) is 25.3 Å². The Labute approximate surface area is 194 Å². The molecule has 1 aliphatic rings. The van der Waals surface area contributed by atoms with Crippen molar-refractivity contribution >= 4 is 45.6 Å². The van der Waals surface area contributed by atoms with E-state index < -0.39 is 23.5 Å². The van der Waals surface area contributed by atoms with Crippen LogP contribution in [0.3, 0.4) is 0 Å². The van der Waals surface area contributed by atoms with Crippen molar-refractivity contribution in [1.29, 1.82) is 0 Å². The first-order chi connectivity index (χ1) is 15.6. The van der Waals surface area contributed by atoms with Gasteiger partial charge in [-0.2, -0.15) is 21.9 Å². The molecule has 0 radical (unpaired) electrons. The summed E-state index contributed by atoms with van der Waals surface area (Å²) in [6.45, 7) is 1.85. The molecular formula is C23H15F3N2O3S2. The van der Waals surface area contributed by atoms with Crippen LogP contribution in [0.2, 0.25) is 0 Å². The Morgan fingerprint density at radius 2 is 1.79 bits per heavy atom. The summed E-state index contributed by atoms with van der Waals surface area (Å²) in [6.07, 6.45) is -4.44. The number of aryl methyl sites for hydroxylation is 1. The number of hydrogen-bond donors (Lipinski definition) is 1. The van der Waals surface area contributed by atoms with Crippen LogP contribution in [0.4, 0.5) is 13.2 Å². The summed E-state index contributed by atoms with van der Waals surface area (Å²) in [5.41, 5.74) is 2.79. The van der Waals surface area contributed by atoms with Crippen LogP contribution in [-0.2, 0) is 27.9 Å². The van der Waals surface area contributed by atoms with Crippen molar-refractivity contribution in [2.75, 3.05) is 0 Å². The van der Waals surface area contributed by atoms with E-state index in [9.17, 15) is 23.1 Å². The van der Waals surface area contributed by atoms with Crippen LogP contribution >= 0.6 is 23.1 Å². The molecule has 0 amide bonds. The Kier molecular flexibility index (Phi) is 5.11. The molecule has 5 rings (SSSR count). The number of hydrogen-bond acceptors (Lipinski definition) is 7. The van der Waals surface area contributed by atoms with E-state index in [1.165, 1.54) is 23.5 Å². The number of aromatic nitrogens is 2. The van der Waals surface area contributed by atoms with Gasteiger partial charge < -0.3 is 9.84 Å². The molecule has 0 saturated heterocycles. The third-order valence-corrected chi connectivity index (χ3v) is 7.12. The van der Waals surface area contributed by atoms with Gasteiger partial charge in [0, 0.05) is 12.0 Å². The van der Waals surface area contributed by atoms with Crippen LogP contribution in [-0.4, -0.2) is 19.8 Å². The molecule has 0 bridgehead atoms. The van der Waals surface area contributed by atoms with Gasteiger partial charge in [0.15, 0.2) is 0 Å². The Morgan fingerprint density at radius 3 is 2.45 bits per heavy atom. The first kappa shape index (κ1) is 21.7. The molecular weight excluding hydrogens is 473 g/mol. The van der Waals surface area contributed by atoms with Crippen LogP contribution in [0.15, 0.2) is 59.5 Å². The highest BCUT2D eigenvalue weighted by molar-refractivity contribution is 7.10. The van der Waals surface area contributed by atoms with Crippen molar-refractivity contribution in [2.24, 2.45) is 0 Å². The molecule has 0 spiro atoms. The number of nitrogens with zero attached hydrogens (tertiary/aromatic N) is 2. The Bertz CT molecular complexity index is 1410. The summed E-state index contributed by atoms with van der Waals surface area (Å²) in [5, 5.41) is 13.4. The molecule has 1 unspecified atom stereocenters. The van der Waals surface area contributed by atoms with Gasteiger partial charge in [-0.3, -0.25) is 0 Å². The van der Waals surface area contributed by atoms with Crippen LogP contribution in [0, 0.1) is 6.92 Å². The maximum absolute atomic E-state index is 13.0. The quantitative estimate of drug-likeness (QED) is 0.385. The standard InChI is InChI=1S/C23H15F3N2O3S2/c1-12-8-19(32-11-12)22(30)16(9-13-2-5-15(6-3-13)23(24,25)26)20(21(29)31-22)14-4-7-17-18(10-14)28-33-27-17/h2-8,10-11,30H,9H2,1H3. The fourth-order valence-electron chi connectivity index (χ4n) is 3.80. The highest BCUT2D eigenvalue weighted by Crippen LogP contribution is 2.46. The lowest BCUT2D eigenvalue weighted by Crippen LogP contribution is -2.28. The molecule has 1 atom stereocenters. The second-order valence-corrected chi connectivity index (χ2v) is 9.15. The van der Waals surface area contributed by atoms with E-state index >= 15 is 0 Å². The van der Waals surface area contributed by atoms with E-state index in [1.54, 1.807) is 24.3 Å². The number of aliphatic hydroxyl groups is 1. The fraction of sp³-hybridized carbons (Fsp3) is 0.174. The number of alkyl halides is 3. The van der Waals surface area contributed by atoms with Crippen molar-refractivity contribution in [3.05, 3.63) is 86.6 Å². The topological polar surface area (TPSA) is 72.3 Å². The molecule has 33 heavy (non-hydrogen) atoms. The molecule has 3 heterocycles. The highest BCUT2D eigenvalue weighted by Gasteiger charge is 2.49. The Hall–Kier alpha value is -3.08. The van der Waals surface area contributed by atoms with Gasteiger partial charge in [-0.15, -0.1) is 11.3 Å². The molecule has 5 nitrogen and oxygen atoms in total. The molecule has 4 aromatic rings. The average Bonchev–Trinajstić information content (AvgIpc) is 3.46. The summed E-state index contributed by atoms with van der Waals surface area (Å²) in [4.78, 5) is 13.4. The minimum absolute atomic E-state index is 0.0139. The minimum Gasteiger partial charge on any atom is -0.420 e. The van der Waals surface area contributed by atoms with Gasteiger partial charge in [0.2, 0.25) is 0 Å². The third-order valence-electron chi connectivity index (χ3n) is 5.42. The smallest absolute Gasteiger partial charge is 0.416 e. The predicted octanol–water partition coefficient (Wildman–Crippen LogP) is 5.48. The second-order valence-electron chi connectivity index (χ2n) is 7.71. The molecule has 2 aromatic carbocycles. The molecule has 1 N–H and O–H groups in total. The van der Waals surface area contributed by atoms with Crippen molar-refractivity contribution in [3.63, 3.8) is 0 Å². The van der Waals surface area contributed by atoms with Crippen molar-refractivity contribution in [1.82, 2.24) is 8.75 Å². The average molecular weight is 489 g/mol. The summed E-state index contributed by atoms with van der Waals surface area (Å²) in [6, 6.07) is 11.5. The Morgan fingerprint density at radius 1 is 1.06 bits per heavy atom. The van der Waals surface area contributed by atoms with Gasteiger partial charge >= 0.3 is 12.1 Å². The maximum atomic E-state index is 13.0. The summed E-state index contributed by atoms with van der Waals surface area (Å²) in [5.74, 6) is -2.74. The normalized spacial score (nSPS) is 18.9. The maximum Gasteiger partial charge on any atom is 0.416 e. The molecule has 0 aliphatic carbocycles. The fourth-order valence-corrected chi connectivity index (χ4v) is 5.28. The third kappa shape index (κ3) is 3.84. The number of fused-ring (bicyclic) bond motifs is 1. The number of thiophene rings is 1. The molecule has 0 fully saturated rings. The number of rotatable bonds is 4. The monoisotopic (exact) mass is 488 g/mol. The number of cyclic esters (lactones) is 1. The van der Waals surface area contributed by atoms with Crippen LogP contribution in [0.1, 0.15) is 27.1 Å². The Balaban J connectivity index is 1.65. The van der Waals surface area contributed by atoms with E-state index in [0.717, 1.165) is 29.4 Å². The van der Waals surface area contributed by atoms with Gasteiger partial charge in [-0.25, -0.2) is 4.79 Å². The highest BCUT2D eigenvalue weighted by atomic mass is 32.1. The predicted molar refractivity (Wildman–Crippen MR) is 119 cm³/mol. The van der Waals surface area contributed by atoms with E-state index in [2.05, 4.69) is 8.75 Å². The number of esters is 1. The minimum atomic E-state index is -4.46. The first-order valence-electron chi connectivity index (χ1n) is 9.79. The van der Waals surface area contributed by atoms with Gasteiger partial charge in [-0.05, 0) is 59.3 Å². The van der Waals surface area contributed by atoms with E-state index in [0.29, 0.717) is 27.0 Å². The zero-order chi connectivity index (χ0) is 23.4. The molecule has 10 heteroatoms. The van der Waals surface area contributed by atoms with E-state index in [-0.39, 0.29) is 17.6 Å². The molecule has 2 aromatic heterocycles. The molecule has 168 valence electrons. The zero-order valence-electron chi connectivity index (χ0n) is 17.0. The van der Waals surface area contributed by atoms with Crippen LogP contribution in [0.5, 0.6) is 0 Å². The van der Waals surface area contributed by atoms with Gasteiger partial charge in [0.1, 0.15) is 11.0 Å². The van der Waals surface area contributed by atoms with Gasteiger partial charge in [-0.1, -0.05) is 18.2 Å². The zero-order valence-corrected chi connectivity index (χ0v) is 18.6. The van der Waals surface area contributed by atoms with Gasteiger partial charge in [0.25, 0.3) is 5.79 Å².